The topological polar surface area (TPSA) is 62.2 Å². The fraction of sp³-hybridized carbons (Fsp3) is 0.538. The summed E-state index contributed by atoms with van der Waals surface area (Å²) in [7, 11) is 0. The highest BCUT2D eigenvalue weighted by atomic mass is 19.1. The number of pyridine rings is 1. The maximum atomic E-state index is 12.9. The molecule has 0 radical (unpaired) electrons. The van der Waals surface area contributed by atoms with Gasteiger partial charge in [0.25, 0.3) is 5.91 Å². The van der Waals surface area contributed by atoms with E-state index < -0.39 is 5.95 Å². The van der Waals surface area contributed by atoms with Gasteiger partial charge in [0.2, 0.25) is 5.95 Å². The molecule has 1 aliphatic rings. The summed E-state index contributed by atoms with van der Waals surface area (Å²) in [5.41, 5.74) is 0.0912. The van der Waals surface area contributed by atoms with Crippen molar-refractivity contribution in [2.75, 3.05) is 13.2 Å². The van der Waals surface area contributed by atoms with E-state index in [1.54, 1.807) is 0 Å². The molecule has 18 heavy (non-hydrogen) atoms. The van der Waals surface area contributed by atoms with Gasteiger partial charge in [0, 0.05) is 13.2 Å². The molecular weight excluding hydrogens is 235 g/mol. The number of nitrogens with one attached hydrogen (secondary N) is 1. The van der Waals surface area contributed by atoms with Crippen LogP contribution in [0.3, 0.4) is 0 Å². The summed E-state index contributed by atoms with van der Waals surface area (Å²) >= 11 is 0. The predicted octanol–water partition coefficient (Wildman–Crippen LogP) is 1.36. The fourth-order valence-corrected chi connectivity index (χ4v) is 2.47. The zero-order valence-corrected chi connectivity index (χ0v) is 10.1. The lowest BCUT2D eigenvalue weighted by molar-refractivity contribution is 0.0931. The maximum absolute atomic E-state index is 12.9. The van der Waals surface area contributed by atoms with Gasteiger partial charge < -0.3 is 10.4 Å². The molecule has 0 aromatic carbocycles. The molecule has 2 rings (SSSR count). The molecule has 2 atom stereocenters. The Hall–Kier alpha value is -1.49. The minimum absolute atomic E-state index is 0.0912. The molecule has 0 saturated heterocycles. The Balaban J connectivity index is 1.88. The van der Waals surface area contributed by atoms with E-state index in [0.717, 1.165) is 19.3 Å². The van der Waals surface area contributed by atoms with Gasteiger partial charge in [-0.3, -0.25) is 4.79 Å². The van der Waals surface area contributed by atoms with Crippen LogP contribution in [0.15, 0.2) is 18.2 Å². The van der Waals surface area contributed by atoms with E-state index in [2.05, 4.69) is 10.3 Å². The van der Waals surface area contributed by atoms with Gasteiger partial charge in [0.05, 0.1) is 0 Å². The molecule has 0 spiro atoms. The molecule has 5 heteroatoms. The Labute approximate surface area is 105 Å². The smallest absolute Gasteiger partial charge is 0.270 e. The van der Waals surface area contributed by atoms with E-state index in [-0.39, 0.29) is 24.1 Å². The summed E-state index contributed by atoms with van der Waals surface area (Å²) in [5.74, 6) is -0.437. The van der Waals surface area contributed by atoms with Gasteiger partial charge in [0.1, 0.15) is 5.69 Å². The number of nitrogens with zero attached hydrogens (tertiary/aromatic N) is 1. The lowest BCUT2D eigenvalue weighted by atomic mass is 9.97. The van der Waals surface area contributed by atoms with Crippen LogP contribution in [0.4, 0.5) is 4.39 Å². The van der Waals surface area contributed by atoms with E-state index >= 15 is 0 Å². The van der Waals surface area contributed by atoms with Crippen LogP contribution in [0.2, 0.25) is 0 Å². The van der Waals surface area contributed by atoms with E-state index in [1.165, 1.54) is 18.2 Å². The quantitative estimate of drug-likeness (QED) is 0.795. The highest BCUT2D eigenvalue weighted by molar-refractivity contribution is 5.92. The molecule has 1 aliphatic carbocycles. The molecule has 0 aliphatic heterocycles. The number of carbonyl (C=O) groups excluding carboxylic acids is 1. The summed E-state index contributed by atoms with van der Waals surface area (Å²) in [6.07, 6.45) is 3.11. The predicted molar refractivity (Wildman–Crippen MR) is 64.4 cm³/mol. The van der Waals surface area contributed by atoms with Crippen molar-refractivity contribution in [2.24, 2.45) is 11.8 Å². The summed E-state index contributed by atoms with van der Waals surface area (Å²) in [6, 6.07) is 4.15. The molecule has 98 valence electrons. The first-order valence-corrected chi connectivity index (χ1v) is 6.22. The van der Waals surface area contributed by atoms with Crippen molar-refractivity contribution >= 4 is 5.91 Å². The molecule has 0 bridgehead atoms. The van der Waals surface area contributed by atoms with Crippen molar-refractivity contribution in [1.82, 2.24) is 10.3 Å². The van der Waals surface area contributed by atoms with E-state index in [9.17, 15) is 14.3 Å². The SMILES string of the molecule is O=C(NCC1CCCC1CO)c1cccc(F)n1. The van der Waals surface area contributed by atoms with Gasteiger partial charge in [-0.25, -0.2) is 4.98 Å². The van der Waals surface area contributed by atoms with Crippen LogP contribution in [0.5, 0.6) is 0 Å². The standard InChI is InChI=1S/C13H17FN2O2/c14-12-6-2-5-11(16-12)13(18)15-7-9-3-1-4-10(9)8-17/h2,5-6,9-10,17H,1,3-4,7-8H2,(H,15,18). The van der Waals surface area contributed by atoms with Gasteiger partial charge in [-0.1, -0.05) is 12.5 Å². The first-order chi connectivity index (χ1) is 8.70. The Morgan fingerprint density at radius 1 is 1.44 bits per heavy atom. The van der Waals surface area contributed by atoms with E-state index in [1.807, 2.05) is 0 Å². The number of aliphatic hydroxyl groups excluding tert-OH is 1. The van der Waals surface area contributed by atoms with Crippen LogP contribution in [0.1, 0.15) is 29.8 Å². The molecule has 1 saturated carbocycles. The molecule has 4 nitrogen and oxygen atoms in total. The van der Waals surface area contributed by atoms with Crippen LogP contribution in [0, 0.1) is 17.8 Å². The van der Waals surface area contributed by atoms with E-state index in [4.69, 9.17) is 0 Å². The molecule has 1 aromatic heterocycles. The second kappa shape index (κ2) is 5.91. The number of hydrogen-bond acceptors (Lipinski definition) is 3. The third kappa shape index (κ3) is 3.04. The Morgan fingerprint density at radius 3 is 2.94 bits per heavy atom. The number of carbonyl (C=O) groups is 1. The highest BCUT2D eigenvalue weighted by Gasteiger charge is 2.26. The van der Waals surface area contributed by atoms with Gasteiger partial charge in [0.15, 0.2) is 0 Å². The van der Waals surface area contributed by atoms with Crippen LogP contribution in [-0.2, 0) is 0 Å². The lowest BCUT2D eigenvalue weighted by Crippen LogP contribution is -2.32. The van der Waals surface area contributed by atoms with Crippen LogP contribution < -0.4 is 5.32 Å². The zero-order valence-electron chi connectivity index (χ0n) is 10.1. The van der Waals surface area contributed by atoms with Crippen LogP contribution >= 0.6 is 0 Å². The molecule has 1 amide bonds. The van der Waals surface area contributed by atoms with Crippen molar-refractivity contribution in [3.63, 3.8) is 0 Å². The first kappa shape index (κ1) is 13.0. The number of rotatable bonds is 4. The molecular formula is C13H17FN2O2. The third-order valence-corrected chi connectivity index (χ3v) is 3.52. The summed E-state index contributed by atoms with van der Waals surface area (Å²) in [6.45, 7) is 0.682. The number of hydrogen-bond donors (Lipinski definition) is 2. The molecule has 2 unspecified atom stereocenters. The van der Waals surface area contributed by atoms with Crippen LogP contribution in [0.25, 0.3) is 0 Å². The van der Waals surface area contributed by atoms with Gasteiger partial charge in [-0.05, 0) is 36.8 Å². The van der Waals surface area contributed by atoms with E-state index in [0.29, 0.717) is 12.5 Å². The third-order valence-electron chi connectivity index (χ3n) is 3.52. The first-order valence-electron chi connectivity index (χ1n) is 6.22. The van der Waals surface area contributed by atoms with Gasteiger partial charge in [-0.2, -0.15) is 4.39 Å². The second-order valence-corrected chi connectivity index (χ2v) is 4.69. The summed E-state index contributed by atoms with van der Waals surface area (Å²) in [5, 5.41) is 11.9. The zero-order chi connectivity index (χ0) is 13.0. The van der Waals surface area contributed by atoms with Crippen molar-refractivity contribution in [3.8, 4) is 0 Å². The normalized spacial score (nSPS) is 23.0. The number of amides is 1. The summed E-state index contributed by atoms with van der Waals surface area (Å²) < 4.78 is 12.9. The van der Waals surface area contributed by atoms with Crippen molar-refractivity contribution in [1.29, 1.82) is 0 Å². The summed E-state index contributed by atoms with van der Waals surface area (Å²) in [4.78, 5) is 15.3. The largest absolute Gasteiger partial charge is 0.396 e. The Kier molecular flexibility index (Phi) is 4.25. The number of aliphatic hydroxyl groups is 1. The fourth-order valence-electron chi connectivity index (χ4n) is 2.47. The Bertz CT molecular complexity index is 425. The van der Waals surface area contributed by atoms with Crippen molar-refractivity contribution in [3.05, 3.63) is 29.8 Å². The molecule has 2 N–H and O–H groups in total. The number of aromatic nitrogens is 1. The average molecular weight is 252 g/mol. The highest BCUT2D eigenvalue weighted by Crippen LogP contribution is 2.30. The average Bonchev–Trinajstić information content (AvgIpc) is 2.83. The van der Waals surface area contributed by atoms with Crippen LogP contribution in [-0.4, -0.2) is 29.1 Å². The minimum atomic E-state index is -0.656. The van der Waals surface area contributed by atoms with Gasteiger partial charge in [-0.15, -0.1) is 0 Å². The Morgan fingerprint density at radius 2 is 2.22 bits per heavy atom. The monoisotopic (exact) mass is 252 g/mol. The molecule has 1 heterocycles. The van der Waals surface area contributed by atoms with Crippen molar-refractivity contribution in [2.45, 2.75) is 19.3 Å². The molecule has 1 fully saturated rings. The minimum Gasteiger partial charge on any atom is -0.396 e. The molecule has 1 aromatic rings. The lowest BCUT2D eigenvalue weighted by Gasteiger charge is -2.17. The number of halogens is 1. The van der Waals surface area contributed by atoms with Crippen molar-refractivity contribution < 1.29 is 14.3 Å². The van der Waals surface area contributed by atoms with Gasteiger partial charge >= 0.3 is 0 Å². The second-order valence-electron chi connectivity index (χ2n) is 4.69. The maximum Gasteiger partial charge on any atom is 0.270 e.